The van der Waals surface area contributed by atoms with E-state index in [0.29, 0.717) is 18.8 Å². The second-order valence-corrected chi connectivity index (χ2v) is 7.09. The molecular weight excluding hydrogens is 305 g/mol. The molecule has 0 bridgehead atoms. The molecule has 0 fully saturated rings. The Morgan fingerprint density at radius 2 is 1.95 bits per heavy atom. The van der Waals surface area contributed by atoms with E-state index in [1.54, 1.807) is 4.57 Å². The molecule has 0 aromatic carbocycles. The SMILES string of the molecule is CS(=O)(=O)Nc1cncn1CCCCS(=O)(=O)[O-].[Na+]. The van der Waals surface area contributed by atoms with Gasteiger partial charge in [-0.25, -0.2) is 21.8 Å². The van der Waals surface area contributed by atoms with Crippen molar-refractivity contribution in [3.63, 3.8) is 0 Å². The molecule has 8 nitrogen and oxygen atoms in total. The Kier molecular flexibility index (Phi) is 7.55. The zero-order valence-corrected chi connectivity index (χ0v) is 14.4. The van der Waals surface area contributed by atoms with E-state index in [4.69, 9.17) is 0 Å². The Morgan fingerprint density at radius 3 is 2.47 bits per heavy atom. The number of aromatic nitrogens is 2. The monoisotopic (exact) mass is 319 g/mol. The summed E-state index contributed by atoms with van der Waals surface area (Å²) in [6.07, 6.45) is 4.47. The van der Waals surface area contributed by atoms with Crippen LogP contribution in [0.15, 0.2) is 12.5 Å². The molecule has 0 saturated heterocycles. The molecular formula is C8H14N3NaO5S2. The summed E-state index contributed by atoms with van der Waals surface area (Å²) in [5.41, 5.74) is 0. The fourth-order valence-electron chi connectivity index (χ4n) is 1.33. The Labute approximate surface area is 134 Å². The van der Waals surface area contributed by atoms with Crippen molar-refractivity contribution in [2.45, 2.75) is 19.4 Å². The Morgan fingerprint density at radius 1 is 1.32 bits per heavy atom. The summed E-state index contributed by atoms with van der Waals surface area (Å²) in [6.45, 7) is 0.382. The van der Waals surface area contributed by atoms with Crippen molar-refractivity contribution in [2.75, 3.05) is 16.7 Å². The fourth-order valence-corrected chi connectivity index (χ4v) is 2.44. The standard InChI is InChI=1S/C8H15N3O5S2.Na/c1-17(12,13)10-8-6-9-7-11(8)4-2-3-5-18(14,15)16;/h6-7,10H,2-5H2,1H3,(H,14,15,16);/q;+1/p-1. The van der Waals surface area contributed by atoms with E-state index in [-0.39, 0.29) is 36.0 Å². The van der Waals surface area contributed by atoms with Crippen LogP contribution in [-0.2, 0) is 26.7 Å². The Balaban J connectivity index is 0.00000324. The number of hydrogen-bond acceptors (Lipinski definition) is 6. The topological polar surface area (TPSA) is 121 Å². The number of rotatable bonds is 7. The van der Waals surface area contributed by atoms with Gasteiger partial charge in [0, 0.05) is 12.3 Å². The van der Waals surface area contributed by atoms with Crippen LogP contribution in [0.5, 0.6) is 0 Å². The zero-order chi connectivity index (χ0) is 13.8. The summed E-state index contributed by atoms with van der Waals surface area (Å²) < 4.78 is 57.0. The molecule has 0 aliphatic rings. The first kappa shape index (κ1) is 18.9. The van der Waals surface area contributed by atoms with E-state index in [0.717, 1.165) is 6.26 Å². The van der Waals surface area contributed by atoms with Crippen LogP contribution < -0.4 is 34.3 Å². The third-order valence-corrected chi connectivity index (χ3v) is 3.41. The molecule has 104 valence electrons. The smallest absolute Gasteiger partial charge is 0.748 e. The van der Waals surface area contributed by atoms with Crippen LogP contribution in [0.1, 0.15) is 12.8 Å². The Bertz CT molecular complexity index is 596. The van der Waals surface area contributed by atoms with Crippen LogP contribution in [0.4, 0.5) is 5.82 Å². The van der Waals surface area contributed by atoms with Crippen molar-refractivity contribution in [2.24, 2.45) is 0 Å². The van der Waals surface area contributed by atoms with Crippen LogP contribution in [0, 0.1) is 0 Å². The normalized spacial score (nSPS) is 11.9. The van der Waals surface area contributed by atoms with Crippen LogP contribution in [0.3, 0.4) is 0 Å². The summed E-state index contributed by atoms with van der Waals surface area (Å²) in [5.74, 6) is -0.112. The fraction of sp³-hybridized carbons (Fsp3) is 0.625. The van der Waals surface area contributed by atoms with Gasteiger partial charge in [-0.05, 0) is 12.8 Å². The summed E-state index contributed by atoms with van der Waals surface area (Å²) in [7, 11) is -7.57. The molecule has 0 saturated carbocycles. The summed E-state index contributed by atoms with van der Waals surface area (Å²) in [4.78, 5) is 3.79. The quantitative estimate of drug-likeness (QED) is 0.317. The van der Waals surface area contributed by atoms with Crippen molar-refractivity contribution >= 4 is 26.0 Å². The minimum atomic E-state index is -4.19. The first-order chi connectivity index (χ1) is 8.17. The van der Waals surface area contributed by atoms with E-state index < -0.39 is 25.9 Å². The number of nitrogens with zero attached hydrogens (tertiary/aromatic N) is 2. The predicted molar refractivity (Wildman–Crippen MR) is 64.5 cm³/mol. The van der Waals surface area contributed by atoms with Gasteiger partial charge in [0.1, 0.15) is 5.82 Å². The molecule has 0 spiro atoms. The zero-order valence-electron chi connectivity index (χ0n) is 10.7. The molecule has 0 radical (unpaired) electrons. The van der Waals surface area contributed by atoms with Gasteiger partial charge < -0.3 is 9.12 Å². The third-order valence-electron chi connectivity index (χ3n) is 2.05. The van der Waals surface area contributed by atoms with Crippen molar-refractivity contribution < 1.29 is 50.9 Å². The molecule has 1 heterocycles. The number of nitrogens with one attached hydrogen (secondary N) is 1. The van der Waals surface area contributed by atoms with Crippen molar-refractivity contribution in [1.82, 2.24) is 9.55 Å². The number of sulfonamides is 1. The predicted octanol–water partition coefficient (Wildman–Crippen LogP) is -3.42. The molecule has 11 heteroatoms. The van der Waals surface area contributed by atoms with Gasteiger partial charge in [0.15, 0.2) is 0 Å². The van der Waals surface area contributed by atoms with Crippen molar-refractivity contribution in [3.8, 4) is 0 Å². The number of hydrogen-bond donors (Lipinski definition) is 1. The van der Waals surface area contributed by atoms with E-state index in [9.17, 15) is 21.4 Å². The van der Waals surface area contributed by atoms with Crippen molar-refractivity contribution in [3.05, 3.63) is 12.5 Å². The maximum atomic E-state index is 11.0. The van der Waals surface area contributed by atoms with Gasteiger partial charge >= 0.3 is 29.6 Å². The molecule has 0 aliphatic heterocycles. The number of aryl methyl sites for hydroxylation is 1. The number of imidazole rings is 1. The minimum Gasteiger partial charge on any atom is -0.748 e. The van der Waals surface area contributed by atoms with Gasteiger partial charge in [-0.15, -0.1) is 0 Å². The summed E-state index contributed by atoms with van der Waals surface area (Å²) >= 11 is 0. The van der Waals surface area contributed by atoms with Crippen LogP contribution in [0.2, 0.25) is 0 Å². The molecule has 1 aromatic heterocycles. The van der Waals surface area contributed by atoms with Crippen molar-refractivity contribution in [1.29, 1.82) is 0 Å². The third kappa shape index (κ3) is 8.60. The van der Waals surface area contributed by atoms with Gasteiger partial charge in [-0.2, -0.15) is 0 Å². The van der Waals surface area contributed by atoms with Gasteiger partial charge in [-0.1, -0.05) is 0 Å². The van der Waals surface area contributed by atoms with Crippen LogP contribution in [-0.4, -0.2) is 42.9 Å². The van der Waals surface area contributed by atoms with E-state index in [2.05, 4.69) is 9.71 Å². The average Bonchev–Trinajstić information content (AvgIpc) is 2.56. The van der Waals surface area contributed by atoms with Gasteiger partial charge in [0.05, 0.1) is 28.9 Å². The minimum absolute atomic E-state index is 0. The van der Waals surface area contributed by atoms with Crippen LogP contribution in [0.25, 0.3) is 0 Å². The van der Waals surface area contributed by atoms with E-state index >= 15 is 0 Å². The molecule has 19 heavy (non-hydrogen) atoms. The second-order valence-electron chi connectivity index (χ2n) is 3.82. The van der Waals surface area contributed by atoms with E-state index in [1.165, 1.54) is 12.5 Å². The van der Waals surface area contributed by atoms with Crippen LogP contribution >= 0.6 is 0 Å². The molecule has 0 unspecified atom stereocenters. The molecule has 1 N–H and O–H groups in total. The maximum Gasteiger partial charge on any atom is 1.00 e. The van der Waals surface area contributed by atoms with Gasteiger partial charge in [0.25, 0.3) is 0 Å². The first-order valence-corrected chi connectivity index (χ1v) is 8.56. The molecule has 0 amide bonds. The molecule has 1 rings (SSSR count). The largest absolute Gasteiger partial charge is 1.00 e. The summed E-state index contributed by atoms with van der Waals surface area (Å²) in [6, 6.07) is 0. The first-order valence-electron chi connectivity index (χ1n) is 5.09. The summed E-state index contributed by atoms with van der Waals surface area (Å²) in [5, 5.41) is 0. The number of unbranched alkanes of at least 4 members (excludes halogenated alkanes) is 1. The molecule has 0 aliphatic carbocycles. The van der Waals surface area contributed by atoms with Gasteiger partial charge in [0.2, 0.25) is 10.0 Å². The van der Waals surface area contributed by atoms with Gasteiger partial charge in [-0.3, -0.25) is 4.72 Å². The van der Waals surface area contributed by atoms with E-state index in [1.807, 2.05) is 0 Å². The Hall–Kier alpha value is -0.130. The molecule has 1 aromatic rings. The number of anilines is 1. The maximum absolute atomic E-state index is 11.0. The average molecular weight is 319 g/mol. The second kappa shape index (κ2) is 7.60. The molecule has 0 atom stereocenters.